The van der Waals surface area contributed by atoms with E-state index in [1.54, 1.807) is 49.9 Å². The molecule has 1 aliphatic rings. The van der Waals surface area contributed by atoms with E-state index in [0.717, 1.165) is 25.1 Å². The summed E-state index contributed by atoms with van der Waals surface area (Å²) < 4.78 is 5.11. The lowest BCUT2D eigenvalue weighted by atomic mass is 10.1. The van der Waals surface area contributed by atoms with Crippen LogP contribution in [-0.2, 0) is 9.53 Å². The Morgan fingerprint density at radius 3 is 2.35 bits per heavy atom. The summed E-state index contributed by atoms with van der Waals surface area (Å²) in [6, 6.07) is 6.98. The van der Waals surface area contributed by atoms with Gasteiger partial charge in [-0.05, 0) is 57.9 Å². The topological polar surface area (TPSA) is 87.7 Å². The first-order valence-electron chi connectivity index (χ1n) is 8.92. The molecule has 0 spiro atoms. The number of nitrogens with one attached hydrogen (secondary N) is 2. The van der Waals surface area contributed by atoms with E-state index in [2.05, 4.69) is 10.6 Å². The molecular weight excluding hydrogens is 334 g/mol. The second-order valence-corrected chi connectivity index (χ2v) is 7.23. The van der Waals surface area contributed by atoms with E-state index < -0.39 is 11.7 Å². The van der Waals surface area contributed by atoms with Crippen molar-refractivity contribution in [2.24, 2.45) is 0 Å². The van der Waals surface area contributed by atoms with Crippen molar-refractivity contribution in [1.29, 1.82) is 0 Å². The van der Waals surface area contributed by atoms with Gasteiger partial charge in [-0.2, -0.15) is 0 Å². The van der Waals surface area contributed by atoms with Crippen LogP contribution in [-0.4, -0.2) is 43.1 Å². The Balaban J connectivity index is 1.77. The van der Waals surface area contributed by atoms with Gasteiger partial charge in [-0.1, -0.05) is 0 Å². The highest BCUT2D eigenvalue weighted by molar-refractivity contribution is 5.96. The third-order valence-electron chi connectivity index (χ3n) is 3.84. The molecule has 3 amide bonds. The third-order valence-corrected chi connectivity index (χ3v) is 3.84. The van der Waals surface area contributed by atoms with E-state index >= 15 is 0 Å². The number of carbonyl (C=O) groups excluding carboxylic acids is 3. The molecule has 0 atom stereocenters. The van der Waals surface area contributed by atoms with Gasteiger partial charge in [-0.25, -0.2) is 4.79 Å². The van der Waals surface area contributed by atoms with Crippen molar-refractivity contribution in [3.05, 3.63) is 29.8 Å². The van der Waals surface area contributed by atoms with Crippen LogP contribution in [0.15, 0.2) is 24.3 Å². The van der Waals surface area contributed by atoms with Gasteiger partial charge in [0.25, 0.3) is 5.91 Å². The van der Waals surface area contributed by atoms with Gasteiger partial charge in [0.05, 0.1) is 0 Å². The first-order chi connectivity index (χ1) is 12.3. The van der Waals surface area contributed by atoms with Crippen LogP contribution < -0.4 is 15.5 Å². The molecule has 1 aliphatic heterocycles. The number of carbonyl (C=O) groups is 3. The molecule has 0 saturated carbocycles. The average Bonchev–Trinajstić information content (AvgIpc) is 2.57. The van der Waals surface area contributed by atoms with Crippen LogP contribution in [0.4, 0.5) is 10.5 Å². The zero-order valence-corrected chi connectivity index (χ0v) is 15.6. The Labute approximate surface area is 154 Å². The molecule has 2 rings (SSSR count). The highest BCUT2D eigenvalue weighted by Gasteiger charge is 2.19. The standard InChI is InChI=1S/C19H27N3O4/c1-19(2,3)26-18(25)21-12-11-20-17(24)14-7-9-15(10-8-14)22-13-5-4-6-16(22)23/h7-10H,4-6,11-13H2,1-3H3,(H,20,24)(H,21,25). The Kier molecular flexibility index (Phi) is 6.60. The van der Waals surface area contributed by atoms with Gasteiger partial charge in [0, 0.05) is 37.3 Å². The average molecular weight is 361 g/mol. The number of rotatable bonds is 5. The number of hydrogen-bond donors (Lipinski definition) is 2. The second kappa shape index (κ2) is 8.69. The van der Waals surface area contributed by atoms with Crippen LogP contribution in [0.1, 0.15) is 50.4 Å². The SMILES string of the molecule is CC(C)(C)OC(=O)NCCNC(=O)c1ccc(N2CCCCC2=O)cc1. The molecule has 1 aromatic carbocycles. The highest BCUT2D eigenvalue weighted by Crippen LogP contribution is 2.21. The summed E-state index contributed by atoms with van der Waals surface area (Å²) in [5.74, 6) is -0.103. The minimum atomic E-state index is -0.551. The van der Waals surface area contributed by atoms with Crippen molar-refractivity contribution in [3.8, 4) is 0 Å². The Morgan fingerprint density at radius 2 is 1.73 bits per heavy atom. The van der Waals surface area contributed by atoms with Crippen molar-refractivity contribution in [2.45, 2.75) is 45.6 Å². The van der Waals surface area contributed by atoms with E-state index in [-0.39, 0.29) is 18.4 Å². The Hall–Kier alpha value is -2.57. The molecule has 142 valence electrons. The van der Waals surface area contributed by atoms with Crippen LogP contribution in [0.25, 0.3) is 0 Å². The van der Waals surface area contributed by atoms with E-state index in [0.29, 0.717) is 18.5 Å². The van der Waals surface area contributed by atoms with Gasteiger partial charge in [-0.15, -0.1) is 0 Å². The summed E-state index contributed by atoms with van der Waals surface area (Å²) in [5, 5.41) is 5.32. The molecule has 0 aromatic heterocycles. The van der Waals surface area contributed by atoms with Gasteiger partial charge in [-0.3, -0.25) is 9.59 Å². The third kappa shape index (κ3) is 6.06. The molecule has 2 N–H and O–H groups in total. The number of benzene rings is 1. The van der Waals surface area contributed by atoms with Crippen molar-refractivity contribution in [1.82, 2.24) is 10.6 Å². The number of ether oxygens (including phenoxy) is 1. The summed E-state index contributed by atoms with van der Waals surface area (Å²) in [6.07, 6.45) is 2.00. The highest BCUT2D eigenvalue weighted by atomic mass is 16.6. The first-order valence-corrected chi connectivity index (χ1v) is 8.92. The predicted octanol–water partition coefficient (Wildman–Crippen LogP) is 2.46. The van der Waals surface area contributed by atoms with Gasteiger partial charge in [0.15, 0.2) is 0 Å². The van der Waals surface area contributed by atoms with E-state index in [9.17, 15) is 14.4 Å². The number of anilines is 1. The molecule has 0 aliphatic carbocycles. The van der Waals surface area contributed by atoms with Crippen molar-refractivity contribution in [2.75, 3.05) is 24.5 Å². The minimum absolute atomic E-state index is 0.127. The molecular formula is C19H27N3O4. The number of nitrogens with zero attached hydrogens (tertiary/aromatic N) is 1. The summed E-state index contributed by atoms with van der Waals surface area (Å²) in [6.45, 7) is 6.66. The van der Waals surface area contributed by atoms with Crippen LogP contribution >= 0.6 is 0 Å². The number of alkyl carbamates (subject to hydrolysis) is 1. The zero-order chi connectivity index (χ0) is 19.2. The summed E-state index contributed by atoms with van der Waals surface area (Å²) in [7, 11) is 0. The Morgan fingerprint density at radius 1 is 1.08 bits per heavy atom. The number of amides is 3. The van der Waals surface area contributed by atoms with E-state index in [1.165, 1.54) is 0 Å². The number of hydrogen-bond acceptors (Lipinski definition) is 4. The van der Waals surface area contributed by atoms with Gasteiger partial charge < -0.3 is 20.3 Å². The second-order valence-electron chi connectivity index (χ2n) is 7.23. The summed E-state index contributed by atoms with van der Waals surface area (Å²) in [5.41, 5.74) is 0.776. The normalized spacial score (nSPS) is 14.7. The lowest BCUT2D eigenvalue weighted by Crippen LogP contribution is -2.38. The van der Waals surface area contributed by atoms with Gasteiger partial charge >= 0.3 is 6.09 Å². The summed E-state index contributed by atoms with van der Waals surface area (Å²) >= 11 is 0. The summed E-state index contributed by atoms with van der Waals surface area (Å²) in [4.78, 5) is 37.3. The zero-order valence-electron chi connectivity index (χ0n) is 15.6. The molecule has 0 unspecified atom stereocenters. The van der Waals surface area contributed by atoms with E-state index in [1.807, 2.05) is 0 Å². The van der Waals surface area contributed by atoms with E-state index in [4.69, 9.17) is 4.74 Å². The maximum absolute atomic E-state index is 12.1. The molecule has 0 bridgehead atoms. The maximum Gasteiger partial charge on any atom is 0.407 e. The van der Waals surface area contributed by atoms with Crippen molar-refractivity contribution < 1.29 is 19.1 Å². The van der Waals surface area contributed by atoms with Crippen molar-refractivity contribution >= 4 is 23.6 Å². The van der Waals surface area contributed by atoms with Crippen molar-refractivity contribution in [3.63, 3.8) is 0 Å². The quantitative estimate of drug-likeness (QED) is 0.789. The molecule has 1 heterocycles. The molecule has 26 heavy (non-hydrogen) atoms. The van der Waals surface area contributed by atoms with Gasteiger partial charge in [0.1, 0.15) is 5.60 Å². The molecule has 1 saturated heterocycles. The van der Waals surface area contributed by atoms with Crippen LogP contribution in [0, 0.1) is 0 Å². The van der Waals surface area contributed by atoms with Gasteiger partial charge in [0.2, 0.25) is 5.91 Å². The largest absolute Gasteiger partial charge is 0.444 e. The fourth-order valence-electron chi connectivity index (χ4n) is 2.63. The lowest BCUT2D eigenvalue weighted by molar-refractivity contribution is -0.119. The van der Waals surface area contributed by atoms with Crippen LogP contribution in [0.5, 0.6) is 0 Å². The molecule has 0 radical (unpaired) electrons. The Bertz CT molecular complexity index is 650. The number of piperidine rings is 1. The smallest absolute Gasteiger partial charge is 0.407 e. The molecule has 7 heteroatoms. The van der Waals surface area contributed by atoms with Crippen LogP contribution in [0.3, 0.4) is 0 Å². The van der Waals surface area contributed by atoms with Crippen LogP contribution in [0.2, 0.25) is 0 Å². The monoisotopic (exact) mass is 361 g/mol. The predicted molar refractivity (Wildman–Crippen MR) is 99.2 cm³/mol. The molecule has 1 aromatic rings. The molecule has 1 fully saturated rings. The fourth-order valence-corrected chi connectivity index (χ4v) is 2.63. The fraction of sp³-hybridized carbons (Fsp3) is 0.526. The molecule has 7 nitrogen and oxygen atoms in total. The lowest BCUT2D eigenvalue weighted by Gasteiger charge is -2.26. The maximum atomic E-state index is 12.1. The first kappa shape index (κ1) is 19.8. The minimum Gasteiger partial charge on any atom is -0.444 e.